The Labute approximate surface area is 180 Å². The summed E-state index contributed by atoms with van der Waals surface area (Å²) in [5, 5.41) is 11.0. The summed E-state index contributed by atoms with van der Waals surface area (Å²) in [5.74, 6) is 0.939. The lowest BCUT2D eigenvalue weighted by molar-refractivity contribution is -0.113. The predicted octanol–water partition coefficient (Wildman–Crippen LogP) is 4.63. The van der Waals surface area contributed by atoms with E-state index in [1.165, 1.54) is 6.33 Å². The van der Waals surface area contributed by atoms with E-state index in [2.05, 4.69) is 36.6 Å². The van der Waals surface area contributed by atoms with Crippen molar-refractivity contribution in [3.05, 3.63) is 75.1 Å². The first-order valence-corrected chi connectivity index (χ1v) is 9.92. The van der Waals surface area contributed by atoms with Crippen molar-refractivity contribution in [2.24, 2.45) is 0 Å². The van der Waals surface area contributed by atoms with Crippen LogP contribution >= 0.6 is 27.5 Å². The molecular weight excluding hydrogens is 458 g/mol. The Morgan fingerprint density at radius 1 is 1.28 bits per heavy atom. The Morgan fingerprint density at radius 3 is 2.76 bits per heavy atom. The fourth-order valence-corrected chi connectivity index (χ4v) is 3.83. The molecule has 0 saturated carbocycles. The molecule has 2 aromatic carbocycles. The van der Waals surface area contributed by atoms with Crippen LogP contribution in [0.15, 0.2) is 64.5 Å². The van der Waals surface area contributed by atoms with Gasteiger partial charge >= 0.3 is 0 Å². The molecule has 0 saturated heterocycles. The van der Waals surface area contributed by atoms with Gasteiger partial charge in [-0.25, -0.2) is 4.68 Å². The van der Waals surface area contributed by atoms with Crippen LogP contribution in [0, 0.1) is 0 Å². The number of nitrogens with zero attached hydrogens (tertiary/aromatic N) is 3. The molecule has 29 heavy (non-hydrogen) atoms. The molecule has 1 amide bonds. The van der Waals surface area contributed by atoms with Crippen LogP contribution in [0.5, 0.6) is 5.75 Å². The number of nitrogens with one attached hydrogen (secondary N) is 2. The molecule has 0 unspecified atom stereocenters. The molecule has 9 heteroatoms. The lowest BCUT2D eigenvalue weighted by Crippen LogP contribution is -2.31. The molecule has 2 heterocycles. The Kier molecular flexibility index (Phi) is 5.29. The van der Waals surface area contributed by atoms with E-state index < -0.39 is 6.04 Å². The smallest absolute Gasteiger partial charge is 0.255 e. The lowest BCUT2D eigenvalue weighted by atomic mass is 9.94. The Balaban J connectivity index is 1.81. The first-order chi connectivity index (χ1) is 14.0. The second-order valence-electron chi connectivity index (χ2n) is 6.44. The van der Waals surface area contributed by atoms with Crippen LogP contribution in [-0.2, 0) is 4.79 Å². The minimum absolute atomic E-state index is 0.259. The van der Waals surface area contributed by atoms with Crippen molar-refractivity contribution in [1.29, 1.82) is 0 Å². The van der Waals surface area contributed by atoms with E-state index >= 15 is 0 Å². The average molecular weight is 475 g/mol. The molecule has 0 aliphatic carbocycles. The third-order valence-corrected chi connectivity index (χ3v) is 5.37. The van der Waals surface area contributed by atoms with Gasteiger partial charge in [0.25, 0.3) is 5.91 Å². The topological polar surface area (TPSA) is 81.1 Å². The number of benzene rings is 2. The molecule has 0 radical (unpaired) electrons. The Hall–Kier alpha value is -2.84. The van der Waals surface area contributed by atoms with Gasteiger partial charge in [-0.15, -0.1) is 0 Å². The second kappa shape index (κ2) is 7.88. The number of carbonyl (C=O) groups is 1. The fraction of sp³-hybridized carbons (Fsp3) is 0.150. The van der Waals surface area contributed by atoms with Gasteiger partial charge in [0.05, 0.1) is 12.7 Å². The summed E-state index contributed by atoms with van der Waals surface area (Å²) in [6.45, 7) is 1.84. The van der Waals surface area contributed by atoms with E-state index in [1.807, 2.05) is 25.1 Å². The van der Waals surface area contributed by atoms with E-state index in [9.17, 15) is 4.79 Å². The zero-order valence-corrected chi connectivity index (χ0v) is 18.0. The molecule has 1 aliphatic heterocycles. The van der Waals surface area contributed by atoms with Crippen molar-refractivity contribution >= 4 is 45.1 Å². The minimum Gasteiger partial charge on any atom is -0.496 e. The monoisotopic (exact) mass is 473 g/mol. The molecule has 0 fully saturated rings. The van der Waals surface area contributed by atoms with E-state index in [0.717, 1.165) is 10.0 Å². The largest absolute Gasteiger partial charge is 0.496 e. The maximum Gasteiger partial charge on any atom is 0.255 e. The zero-order chi connectivity index (χ0) is 20.5. The summed E-state index contributed by atoms with van der Waals surface area (Å²) in [7, 11) is 1.60. The van der Waals surface area contributed by atoms with Crippen LogP contribution in [0.3, 0.4) is 0 Å². The number of halogens is 2. The summed E-state index contributed by atoms with van der Waals surface area (Å²) in [6, 6.07) is 12.1. The molecule has 2 N–H and O–H groups in total. The Bertz CT molecular complexity index is 1110. The van der Waals surface area contributed by atoms with Gasteiger partial charge in [0.1, 0.15) is 18.1 Å². The highest BCUT2D eigenvalue weighted by Gasteiger charge is 2.35. The molecule has 1 aromatic heterocycles. The SMILES string of the molecule is COc1ccc(Br)cc1[C@H]1C(C(=O)Nc2ccc(Cl)cc2)=C(C)Nc2ncnn21. The third-order valence-electron chi connectivity index (χ3n) is 4.63. The number of allylic oxidation sites excluding steroid dienone is 1. The number of anilines is 2. The molecule has 148 valence electrons. The highest BCUT2D eigenvalue weighted by Crippen LogP contribution is 2.40. The zero-order valence-electron chi connectivity index (χ0n) is 15.6. The minimum atomic E-state index is -0.520. The first-order valence-electron chi connectivity index (χ1n) is 8.75. The van der Waals surface area contributed by atoms with E-state index in [1.54, 1.807) is 36.1 Å². The molecule has 0 bridgehead atoms. The summed E-state index contributed by atoms with van der Waals surface area (Å²) >= 11 is 9.46. The highest BCUT2D eigenvalue weighted by atomic mass is 79.9. The van der Waals surface area contributed by atoms with Crippen molar-refractivity contribution < 1.29 is 9.53 Å². The van der Waals surface area contributed by atoms with Gasteiger partial charge in [0, 0.05) is 26.4 Å². The molecule has 0 spiro atoms. The summed E-state index contributed by atoms with van der Waals surface area (Å²) in [5.41, 5.74) is 2.62. The van der Waals surface area contributed by atoms with Crippen molar-refractivity contribution in [3.8, 4) is 5.75 Å². The fourth-order valence-electron chi connectivity index (χ4n) is 3.32. The van der Waals surface area contributed by atoms with E-state index in [0.29, 0.717) is 33.7 Å². The van der Waals surface area contributed by atoms with E-state index in [4.69, 9.17) is 16.3 Å². The second-order valence-corrected chi connectivity index (χ2v) is 7.79. The number of hydrogen-bond acceptors (Lipinski definition) is 5. The van der Waals surface area contributed by atoms with Crippen molar-refractivity contribution in [1.82, 2.24) is 14.8 Å². The number of fused-ring (bicyclic) bond motifs is 1. The van der Waals surface area contributed by atoms with Crippen molar-refractivity contribution in [3.63, 3.8) is 0 Å². The van der Waals surface area contributed by atoms with Gasteiger partial charge in [-0.1, -0.05) is 27.5 Å². The summed E-state index contributed by atoms with van der Waals surface area (Å²) in [4.78, 5) is 17.6. The summed E-state index contributed by atoms with van der Waals surface area (Å²) < 4.78 is 8.11. The molecule has 4 rings (SSSR count). The quantitative estimate of drug-likeness (QED) is 0.576. The maximum atomic E-state index is 13.3. The molecule has 1 atom stereocenters. The van der Waals surface area contributed by atoms with Gasteiger partial charge in [0.15, 0.2) is 0 Å². The first kappa shape index (κ1) is 19.5. The highest BCUT2D eigenvalue weighted by molar-refractivity contribution is 9.10. The number of carbonyl (C=O) groups excluding carboxylic acids is 1. The van der Waals surface area contributed by atoms with Gasteiger partial charge < -0.3 is 15.4 Å². The Morgan fingerprint density at radius 2 is 2.03 bits per heavy atom. The van der Waals surface area contributed by atoms with Crippen LogP contribution in [-0.4, -0.2) is 27.8 Å². The number of methoxy groups -OCH3 is 1. The summed E-state index contributed by atoms with van der Waals surface area (Å²) in [6.07, 6.45) is 1.45. The number of rotatable bonds is 4. The average Bonchev–Trinajstić information content (AvgIpc) is 3.16. The van der Waals surface area contributed by atoms with Crippen LogP contribution < -0.4 is 15.4 Å². The van der Waals surface area contributed by atoms with Crippen molar-refractivity contribution in [2.45, 2.75) is 13.0 Å². The normalized spacial score (nSPS) is 15.5. The number of hydrogen-bond donors (Lipinski definition) is 2. The standard InChI is InChI=1S/C20H17BrClN5O2/c1-11-17(19(28)26-14-6-4-13(22)5-7-14)18(27-20(25-11)23-10-24-27)15-9-12(21)3-8-16(15)29-2/h3-10,18H,1-2H3,(H,26,28)(H,23,24,25)/t18-/m0/s1. The van der Waals surface area contributed by atoms with Crippen molar-refractivity contribution in [2.75, 3.05) is 17.7 Å². The number of amides is 1. The molecule has 3 aromatic rings. The third kappa shape index (κ3) is 3.73. The van der Waals surface area contributed by atoms with Crippen LogP contribution in [0.2, 0.25) is 5.02 Å². The molecule has 1 aliphatic rings. The predicted molar refractivity (Wildman–Crippen MR) is 115 cm³/mol. The van der Waals surface area contributed by atoms with E-state index in [-0.39, 0.29) is 5.91 Å². The number of ether oxygens (including phenoxy) is 1. The number of aromatic nitrogens is 3. The van der Waals surface area contributed by atoms with Gasteiger partial charge in [-0.3, -0.25) is 4.79 Å². The van der Waals surface area contributed by atoms with Gasteiger partial charge in [-0.05, 0) is 49.4 Å². The molecule has 7 nitrogen and oxygen atoms in total. The van der Waals surface area contributed by atoms with Gasteiger partial charge in [0.2, 0.25) is 5.95 Å². The van der Waals surface area contributed by atoms with Gasteiger partial charge in [-0.2, -0.15) is 10.1 Å². The molecular formula is C20H17BrClN5O2. The maximum absolute atomic E-state index is 13.3. The van der Waals surface area contributed by atoms with Crippen LogP contribution in [0.25, 0.3) is 0 Å². The lowest BCUT2D eigenvalue weighted by Gasteiger charge is -2.29. The van der Waals surface area contributed by atoms with Crippen LogP contribution in [0.1, 0.15) is 18.5 Å². The van der Waals surface area contributed by atoms with Crippen LogP contribution in [0.4, 0.5) is 11.6 Å².